The van der Waals surface area contributed by atoms with E-state index in [0.717, 1.165) is 25.7 Å². The normalized spacial score (nSPS) is 25.0. The molecule has 0 radical (unpaired) electrons. The van der Waals surface area contributed by atoms with Crippen LogP contribution in [0.5, 0.6) is 0 Å². The lowest BCUT2D eigenvalue weighted by Crippen LogP contribution is -2.28. The zero-order chi connectivity index (χ0) is 31.5. The Morgan fingerprint density at radius 3 is 1.19 bits per heavy atom. The van der Waals surface area contributed by atoms with Gasteiger partial charge in [-0.15, -0.1) is 0 Å². The molecule has 0 unspecified atom stereocenters. The number of aliphatic hydroxyl groups is 2. The van der Waals surface area contributed by atoms with Crippen molar-refractivity contribution in [2.75, 3.05) is 0 Å². The van der Waals surface area contributed by atoms with Crippen LogP contribution in [0.15, 0.2) is 130 Å². The van der Waals surface area contributed by atoms with Crippen LogP contribution in [0.4, 0.5) is 0 Å². The molecule has 0 aromatic carbocycles. The van der Waals surface area contributed by atoms with Gasteiger partial charge in [-0.3, -0.25) is 0 Å². The summed E-state index contributed by atoms with van der Waals surface area (Å²) in [5, 5.41) is 20.2. The Morgan fingerprint density at radius 2 is 0.857 bits per heavy atom. The third-order valence-corrected chi connectivity index (χ3v) is 8.24. The van der Waals surface area contributed by atoms with E-state index in [1.807, 2.05) is 0 Å². The van der Waals surface area contributed by atoms with Gasteiger partial charge < -0.3 is 10.2 Å². The molecule has 0 saturated carbocycles. The first-order valence-electron chi connectivity index (χ1n) is 15.5. The van der Waals surface area contributed by atoms with Crippen molar-refractivity contribution in [3.63, 3.8) is 0 Å². The molecule has 0 fully saturated rings. The van der Waals surface area contributed by atoms with Gasteiger partial charge in [0.25, 0.3) is 0 Å². The molecule has 2 nitrogen and oxygen atoms in total. The second kappa shape index (κ2) is 16.1. The van der Waals surface area contributed by atoms with Crippen molar-refractivity contribution in [3.05, 3.63) is 130 Å². The van der Waals surface area contributed by atoms with E-state index in [4.69, 9.17) is 0 Å². The second-order valence-electron chi connectivity index (χ2n) is 13.7. The molecule has 2 aliphatic rings. The summed E-state index contributed by atoms with van der Waals surface area (Å²) < 4.78 is 0. The van der Waals surface area contributed by atoms with Gasteiger partial charge in [-0.1, -0.05) is 146 Å². The molecule has 0 saturated heterocycles. The van der Waals surface area contributed by atoms with E-state index < -0.39 is 0 Å². The summed E-state index contributed by atoms with van der Waals surface area (Å²) in [7, 11) is 0. The Bertz CT molecular complexity index is 1190. The molecule has 2 N–H and O–H groups in total. The first kappa shape index (κ1) is 35.3. The quantitative estimate of drug-likeness (QED) is 0.257. The van der Waals surface area contributed by atoms with E-state index in [1.165, 1.54) is 44.6 Å². The smallest absolute Gasteiger partial charge is 0.0585 e. The summed E-state index contributed by atoms with van der Waals surface area (Å²) in [4.78, 5) is 0. The predicted molar refractivity (Wildman–Crippen MR) is 184 cm³/mol. The van der Waals surface area contributed by atoms with Crippen LogP contribution in [0, 0.1) is 10.8 Å². The highest BCUT2D eigenvalue weighted by Gasteiger charge is 2.32. The minimum Gasteiger partial charge on any atom is -0.393 e. The van der Waals surface area contributed by atoms with Crippen molar-refractivity contribution in [1.29, 1.82) is 0 Å². The SMILES string of the molecule is CC1=C(/C=C/C(C)=C/C=C\C(C)=C\C=C\C=C(C)\C=C\C=C(C)\C=C\C2=C(C)C[C@H](O)CC2(C)C)C(C)(C)C[C@@H](O)C1. The fourth-order valence-electron chi connectivity index (χ4n) is 6.13. The van der Waals surface area contributed by atoms with Crippen LogP contribution in [-0.2, 0) is 0 Å². The molecule has 0 bridgehead atoms. The van der Waals surface area contributed by atoms with Crippen LogP contribution >= 0.6 is 0 Å². The molecule has 0 amide bonds. The van der Waals surface area contributed by atoms with Gasteiger partial charge in [-0.05, 0) is 89.2 Å². The number of aliphatic hydroxyl groups excluding tert-OH is 2. The largest absolute Gasteiger partial charge is 0.393 e. The topological polar surface area (TPSA) is 40.5 Å². The lowest BCUT2D eigenvalue weighted by atomic mass is 9.71. The lowest BCUT2D eigenvalue weighted by molar-refractivity contribution is 0.116. The Balaban J connectivity index is 1.90. The average Bonchev–Trinajstić information content (AvgIpc) is 2.84. The second-order valence-corrected chi connectivity index (χ2v) is 13.7. The minimum atomic E-state index is -0.227. The van der Waals surface area contributed by atoms with Crippen LogP contribution in [0.2, 0.25) is 0 Å². The first-order valence-corrected chi connectivity index (χ1v) is 15.5. The molecule has 2 atom stereocenters. The van der Waals surface area contributed by atoms with E-state index in [-0.39, 0.29) is 23.0 Å². The van der Waals surface area contributed by atoms with Crippen molar-refractivity contribution >= 4 is 0 Å². The van der Waals surface area contributed by atoms with Crippen molar-refractivity contribution in [3.8, 4) is 0 Å². The van der Waals surface area contributed by atoms with E-state index in [2.05, 4.69) is 154 Å². The van der Waals surface area contributed by atoms with Crippen LogP contribution in [0.25, 0.3) is 0 Å². The maximum atomic E-state index is 10.1. The van der Waals surface area contributed by atoms with Crippen LogP contribution in [0.3, 0.4) is 0 Å². The van der Waals surface area contributed by atoms with E-state index >= 15 is 0 Å². The predicted octanol–water partition coefficient (Wildman–Crippen LogP) is 10.5. The summed E-state index contributed by atoms with van der Waals surface area (Å²) in [5.74, 6) is 0. The molecule has 228 valence electrons. The molecule has 0 aliphatic heterocycles. The number of hydrogen-bond donors (Lipinski definition) is 2. The lowest BCUT2D eigenvalue weighted by Gasteiger charge is -2.35. The number of hydrogen-bond acceptors (Lipinski definition) is 2. The van der Waals surface area contributed by atoms with Crippen molar-refractivity contribution in [1.82, 2.24) is 0 Å². The third kappa shape index (κ3) is 11.7. The summed E-state index contributed by atoms with van der Waals surface area (Å²) in [5.41, 5.74) is 10.1. The van der Waals surface area contributed by atoms with Crippen LogP contribution < -0.4 is 0 Å². The summed E-state index contributed by atoms with van der Waals surface area (Å²) in [6, 6.07) is 0. The maximum absolute atomic E-state index is 10.1. The van der Waals surface area contributed by atoms with Gasteiger partial charge in [0.15, 0.2) is 0 Å². The summed E-state index contributed by atoms with van der Waals surface area (Å²) in [6.45, 7) is 21.6. The fourth-order valence-corrected chi connectivity index (χ4v) is 6.13. The van der Waals surface area contributed by atoms with Crippen molar-refractivity contribution in [2.24, 2.45) is 10.8 Å². The molecular weight excluding hydrogens is 512 g/mol. The zero-order valence-corrected chi connectivity index (χ0v) is 28.0. The molecule has 2 aliphatic carbocycles. The zero-order valence-electron chi connectivity index (χ0n) is 28.0. The highest BCUT2D eigenvalue weighted by Crippen LogP contribution is 2.42. The molecular formula is C40H56O2. The first-order chi connectivity index (χ1) is 19.6. The van der Waals surface area contributed by atoms with E-state index in [9.17, 15) is 10.2 Å². The van der Waals surface area contributed by atoms with Gasteiger partial charge in [-0.2, -0.15) is 0 Å². The van der Waals surface area contributed by atoms with E-state index in [0.29, 0.717) is 0 Å². The van der Waals surface area contributed by atoms with Gasteiger partial charge in [0, 0.05) is 0 Å². The van der Waals surface area contributed by atoms with Gasteiger partial charge in [0.2, 0.25) is 0 Å². The summed E-state index contributed by atoms with van der Waals surface area (Å²) in [6.07, 6.45) is 32.6. The Morgan fingerprint density at radius 1 is 0.548 bits per heavy atom. The molecule has 0 aromatic rings. The molecule has 0 aromatic heterocycles. The molecule has 2 heteroatoms. The maximum Gasteiger partial charge on any atom is 0.0585 e. The fraction of sp³-hybridized carbons (Fsp3) is 0.450. The number of allylic oxidation sites excluding steroid dienone is 20. The Labute approximate surface area is 257 Å². The monoisotopic (exact) mass is 568 g/mol. The molecule has 0 heterocycles. The van der Waals surface area contributed by atoms with Gasteiger partial charge in [0.05, 0.1) is 12.2 Å². The van der Waals surface area contributed by atoms with Gasteiger partial charge in [0.1, 0.15) is 0 Å². The Hall–Kier alpha value is -2.94. The Kier molecular flexibility index (Phi) is 13.5. The summed E-state index contributed by atoms with van der Waals surface area (Å²) >= 11 is 0. The molecule has 2 rings (SSSR count). The average molecular weight is 569 g/mol. The molecule has 42 heavy (non-hydrogen) atoms. The molecule has 0 spiro atoms. The highest BCUT2D eigenvalue weighted by atomic mass is 16.3. The van der Waals surface area contributed by atoms with Crippen LogP contribution in [-0.4, -0.2) is 22.4 Å². The van der Waals surface area contributed by atoms with Gasteiger partial charge >= 0.3 is 0 Å². The van der Waals surface area contributed by atoms with Crippen molar-refractivity contribution < 1.29 is 10.2 Å². The standard InChI is InChI=1S/C40H56O2/c1-29(17-13-19-31(3)21-23-37-33(5)25-35(41)27-39(37,7)8)15-11-12-16-30(2)18-14-20-32(4)22-24-38-34(6)26-36(42)28-40(38,9)10/h11-24,35-36,41-42H,25-28H2,1-10H3/b12-11+,17-13-,18-14+,23-21+,24-22+,29-15+,30-16+,31-19+,32-20+/t35-,36-/m0/s1. The van der Waals surface area contributed by atoms with Gasteiger partial charge in [-0.25, -0.2) is 0 Å². The number of rotatable bonds is 10. The third-order valence-electron chi connectivity index (χ3n) is 8.24. The van der Waals surface area contributed by atoms with Crippen molar-refractivity contribution in [2.45, 2.75) is 107 Å². The van der Waals surface area contributed by atoms with E-state index in [1.54, 1.807) is 0 Å². The minimum absolute atomic E-state index is 0.00547. The van der Waals surface area contributed by atoms with Crippen LogP contribution in [0.1, 0.15) is 94.9 Å². The highest BCUT2D eigenvalue weighted by molar-refractivity contribution is 5.39.